The summed E-state index contributed by atoms with van der Waals surface area (Å²) in [5.41, 5.74) is 0.962. The van der Waals surface area contributed by atoms with E-state index < -0.39 is 0 Å². The number of hydrogen-bond acceptors (Lipinski definition) is 2. The first-order valence-electron chi connectivity index (χ1n) is 8.17. The molecule has 0 aliphatic heterocycles. The van der Waals surface area contributed by atoms with Crippen molar-refractivity contribution in [3.8, 4) is 5.75 Å². The molecule has 4 aliphatic rings. The van der Waals surface area contributed by atoms with Crippen molar-refractivity contribution in [1.82, 2.24) is 0 Å². The van der Waals surface area contributed by atoms with Crippen molar-refractivity contribution in [3.05, 3.63) is 28.2 Å². The maximum atomic E-state index is 11.1. The van der Waals surface area contributed by atoms with Gasteiger partial charge in [-0.15, -0.1) is 0 Å². The van der Waals surface area contributed by atoms with Gasteiger partial charge in [0.25, 0.3) is 0 Å². The lowest BCUT2D eigenvalue weighted by molar-refractivity contribution is -0.0912. The van der Waals surface area contributed by atoms with Crippen molar-refractivity contribution < 1.29 is 9.84 Å². The summed E-state index contributed by atoms with van der Waals surface area (Å²) in [5.74, 6) is 4.58. The zero-order valence-corrected chi connectivity index (χ0v) is 14.1. The minimum Gasteiger partial charge on any atom is -0.496 e. The number of hydrogen-bond donors (Lipinski definition) is 1. The third-order valence-electron chi connectivity index (χ3n) is 6.17. The van der Waals surface area contributed by atoms with Crippen LogP contribution in [0.3, 0.4) is 0 Å². The Balaban J connectivity index is 1.66. The molecule has 114 valence electrons. The molecule has 1 aromatic carbocycles. The Morgan fingerprint density at radius 3 is 2.29 bits per heavy atom. The molecule has 1 atom stereocenters. The fraction of sp³-hybridized carbons (Fsp3) is 0.667. The molecule has 1 unspecified atom stereocenters. The van der Waals surface area contributed by atoms with E-state index >= 15 is 0 Å². The van der Waals surface area contributed by atoms with E-state index in [-0.39, 0.29) is 6.10 Å². The molecule has 3 heteroatoms. The van der Waals surface area contributed by atoms with Crippen LogP contribution in [0.15, 0.2) is 22.7 Å². The maximum Gasteiger partial charge on any atom is 0.124 e. The molecule has 4 saturated carbocycles. The molecule has 21 heavy (non-hydrogen) atoms. The summed E-state index contributed by atoms with van der Waals surface area (Å²) in [5, 5.41) is 11.1. The fourth-order valence-electron chi connectivity index (χ4n) is 5.63. The van der Waals surface area contributed by atoms with Crippen LogP contribution in [0.5, 0.6) is 5.75 Å². The first-order valence-corrected chi connectivity index (χ1v) is 8.96. The standard InChI is InChI=1S/C18H23BrO2/c1-21-16-3-2-14(19)9-15(16)18(20)17-12-5-10-4-11(7-12)8-13(17)6-10/h2-3,9-13,17-18,20H,4-8H2,1H3. The number of methoxy groups -OCH3 is 1. The molecule has 0 aromatic heterocycles. The number of rotatable bonds is 3. The van der Waals surface area contributed by atoms with Gasteiger partial charge in [-0.2, -0.15) is 0 Å². The van der Waals surface area contributed by atoms with E-state index in [1.807, 2.05) is 18.2 Å². The van der Waals surface area contributed by atoms with Gasteiger partial charge in [-0.05, 0) is 79.9 Å². The predicted octanol–water partition coefficient (Wildman–Crippen LogP) is 4.56. The Labute approximate surface area is 135 Å². The van der Waals surface area contributed by atoms with Gasteiger partial charge in [0.1, 0.15) is 5.75 Å². The molecule has 4 aliphatic carbocycles. The number of aliphatic hydroxyl groups is 1. The van der Waals surface area contributed by atoms with Crippen LogP contribution in [0.25, 0.3) is 0 Å². The second kappa shape index (κ2) is 5.27. The van der Waals surface area contributed by atoms with Crippen molar-refractivity contribution in [2.45, 2.75) is 38.2 Å². The highest BCUT2D eigenvalue weighted by molar-refractivity contribution is 9.10. The van der Waals surface area contributed by atoms with Gasteiger partial charge in [-0.1, -0.05) is 15.9 Å². The number of halogens is 1. The van der Waals surface area contributed by atoms with E-state index in [9.17, 15) is 5.11 Å². The van der Waals surface area contributed by atoms with Crippen LogP contribution in [0, 0.1) is 29.6 Å². The zero-order valence-electron chi connectivity index (χ0n) is 12.5. The van der Waals surface area contributed by atoms with Crippen LogP contribution in [0.4, 0.5) is 0 Å². The summed E-state index contributed by atoms with van der Waals surface area (Å²) in [6.07, 6.45) is 6.43. The monoisotopic (exact) mass is 350 g/mol. The third-order valence-corrected chi connectivity index (χ3v) is 6.67. The number of benzene rings is 1. The van der Waals surface area contributed by atoms with E-state index in [1.165, 1.54) is 32.1 Å². The second-order valence-corrected chi connectivity index (χ2v) is 8.25. The Kier molecular flexibility index (Phi) is 3.54. The lowest BCUT2D eigenvalue weighted by Gasteiger charge is -2.55. The average molecular weight is 351 g/mol. The van der Waals surface area contributed by atoms with Gasteiger partial charge >= 0.3 is 0 Å². The molecule has 2 nitrogen and oxygen atoms in total. The molecule has 1 N–H and O–H groups in total. The van der Waals surface area contributed by atoms with Gasteiger partial charge in [0, 0.05) is 10.0 Å². The second-order valence-electron chi connectivity index (χ2n) is 7.34. The summed E-state index contributed by atoms with van der Waals surface area (Å²) < 4.78 is 6.50. The van der Waals surface area contributed by atoms with E-state index in [0.29, 0.717) is 5.92 Å². The van der Waals surface area contributed by atoms with E-state index in [1.54, 1.807) is 7.11 Å². The van der Waals surface area contributed by atoms with Gasteiger partial charge in [0.2, 0.25) is 0 Å². The average Bonchev–Trinajstić information content (AvgIpc) is 2.46. The minimum absolute atomic E-state index is 0.382. The molecule has 0 heterocycles. The quantitative estimate of drug-likeness (QED) is 0.865. The normalized spacial score (nSPS) is 38.5. The highest BCUT2D eigenvalue weighted by atomic mass is 79.9. The minimum atomic E-state index is -0.382. The maximum absolute atomic E-state index is 11.1. The summed E-state index contributed by atoms with van der Waals surface area (Å²) in [6.45, 7) is 0. The topological polar surface area (TPSA) is 29.5 Å². The largest absolute Gasteiger partial charge is 0.496 e. The van der Waals surface area contributed by atoms with Crippen molar-refractivity contribution in [3.63, 3.8) is 0 Å². The SMILES string of the molecule is COc1ccc(Br)cc1C(O)C1C2CC3CC(C2)CC1C3. The van der Waals surface area contributed by atoms with Crippen LogP contribution in [-0.4, -0.2) is 12.2 Å². The van der Waals surface area contributed by atoms with E-state index in [2.05, 4.69) is 15.9 Å². The van der Waals surface area contributed by atoms with E-state index in [0.717, 1.165) is 39.5 Å². The smallest absolute Gasteiger partial charge is 0.124 e. The highest BCUT2D eigenvalue weighted by Gasteiger charge is 2.50. The summed E-state index contributed by atoms with van der Waals surface area (Å²) >= 11 is 3.53. The molecular weight excluding hydrogens is 328 g/mol. The lowest BCUT2D eigenvalue weighted by Crippen LogP contribution is -2.47. The Morgan fingerprint density at radius 1 is 1.10 bits per heavy atom. The summed E-state index contributed by atoms with van der Waals surface area (Å²) in [7, 11) is 1.69. The van der Waals surface area contributed by atoms with Gasteiger partial charge in [-0.3, -0.25) is 0 Å². The Morgan fingerprint density at radius 2 is 1.71 bits per heavy atom. The van der Waals surface area contributed by atoms with Crippen molar-refractivity contribution in [2.24, 2.45) is 29.6 Å². The van der Waals surface area contributed by atoms with Crippen LogP contribution in [0.2, 0.25) is 0 Å². The highest BCUT2D eigenvalue weighted by Crippen LogP contribution is 2.59. The molecule has 0 spiro atoms. The van der Waals surface area contributed by atoms with Crippen molar-refractivity contribution in [1.29, 1.82) is 0 Å². The summed E-state index contributed by atoms with van der Waals surface area (Å²) in [4.78, 5) is 0. The molecule has 0 radical (unpaired) electrons. The first kappa shape index (κ1) is 14.1. The van der Waals surface area contributed by atoms with Gasteiger partial charge in [0.05, 0.1) is 13.2 Å². The zero-order chi connectivity index (χ0) is 14.6. The van der Waals surface area contributed by atoms with Crippen LogP contribution >= 0.6 is 15.9 Å². The molecule has 1 aromatic rings. The lowest BCUT2D eigenvalue weighted by atomic mass is 9.50. The third kappa shape index (κ3) is 2.33. The summed E-state index contributed by atoms with van der Waals surface area (Å²) in [6, 6.07) is 5.97. The predicted molar refractivity (Wildman–Crippen MR) is 86.2 cm³/mol. The molecule has 4 bridgehead atoms. The van der Waals surface area contributed by atoms with Crippen LogP contribution in [-0.2, 0) is 0 Å². The van der Waals surface area contributed by atoms with Crippen LogP contribution < -0.4 is 4.74 Å². The van der Waals surface area contributed by atoms with Crippen molar-refractivity contribution in [2.75, 3.05) is 7.11 Å². The molecular formula is C18H23BrO2. The molecule has 0 amide bonds. The number of aliphatic hydroxyl groups excluding tert-OH is 1. The molecule has 5 rings (SSSR count). The Bertz CT molecular complexity index is 514. The molecule has 4 fully saturated rings. The Hall–Kier alpha value is -0.540. The van der Waals surface area contributed by atoms with Gasteiger partial charge < -0.3 is 9.84 Å². The number of ether oxygens (including phenoxy) is 1. The molecule has 0 saturated heterocycles. The van der Waals surface area contributed by atoms with Crippen LogP contribution in [0.1, 0.15) is 43.8 Å². The fourth-order valence-corrected chi connectivity index (χ4v) is 6.01. The van der Waals surface area contributed by atoms with E-state index in [4.69, 9.17) is 4.74 Å². The van der Waals surface area contributed by atoms with Gasteiger partial charge in [-0.25, -0.2) is 0 Å². The van der Waals surface area contributed by atoms with Gasteiger partial charge in [0.15, 0.2) is 0 Å². The van der Waals surface area contributed by atoms with Crippen molar-refractivity contribution >= 4 is 15.9 Å². The first-order chi connectivity index (χ1) is 10.2.